The van der Waals surface area contributed by atoms with Crippen LogP contribution in [0.5, 0.6) is 0 Å². The normalized spacial score (nSPS) is 9.90. The maximum absolute atomic E-state index is 12.6. The number of halogens is 3. The lowest BCUT2D eigenvalue weighted by atomic mass is 10.4. The highest BCUT2D eigenvalue weighted by Gasteiger charge is 1.99. The number of hydrogen-bond donors (Lipinski definition) is 0. The van der Waals surface area contributed by atoms with Crippen molar-refractivity contribution in [3.05, 3.63) is 28.2 Å². The van der Waals surface area contributed by atoms with Crippen LogP contribution in [0.3, 0.4) is 0 Å². The third-order valence-corrected chi connectivity index (χ3v) is 1.86. The van der Waals surface area contributed by atoms with E-state index in [2.05, 4.69) is 20.9 Å². The second-order valence-corrected chi connectivity index (χ2v) is 2.84. The number of hydrogen-bond acceptors (Lipinski definition) is 1. The maximum atomic E-state index is 12.6. The molecule has 4 heteroatoms. The van der Waals surface area contributed by atoms with Crippen molar-refractivity contribution < 1.29 is 4.39 Å². The van der Waals surface area contributed by atoms with Crippen LogP contribution < -0.4 is 0 Å². The molecule has 0 saturated carbocycles. The zero-order chi connectivity index (χ0) is 7.56. The van der Waals surface area contributed by atoms with E-state index in [-0.39, 0.29) is 11.7 Å². The maximum Gasteiger partial charge on any atom is 0.140 e. The SMILES string of the molecule is Fc1cc(CCl)ncc1Br. The summed E-state index contributed by atoms with van der Waals surface area (Å²) in [5.74, 6) is -0.0878. The van der Waals surface area contributed by atoms with E-state index in [0.29, 0.717) is 10.2 Å². The summed E-state index contributed by atoms with van der Waals surface area (Å²) in [5.41, 5.74) is 0.544. The van der Waals surface area contributed by atoms with Gasteiger partial charge in [-0.05, 0) is 22.0 Å². The van der Waals surface area contributed by atoms with Crippen LogP contribution in [0.4, 0.5) is 4.39 Å². The molecule has 1 rings (SSSR count). The Bertz CT molecular complexity index is 241. The fourth-order valence-electron chi connectivity index (χ4n) is 0.527. The van der Waals surface area contributed by atoms with Gasteiger partial charge in [0.1, 0.15) is 5.82 Å². The van der Waals surface area contributed by atoms with Crippen molar-refractivity contribution in [2.45, 2.75) is 5.88 Å². The summed E-state index contributed by atoms with van der Waals surface area (Å²) in [4.78, 5) is 3.84. The van der Waals surface area contributed by atoms with Crippen molar-refractivity contribution in [3.8, 4) is 0 Å². The van der Waals surface area contributed by atoms with E-state index in [1.165, 1.54) is 12.3 Å². The van der Waals surface area contributed by atoms with E-state index in [4.69, 9.17) is 11.6 Å². The second-order valence-electron chi connectivity index (χ2n) is 1.72. The standard InChI is InChI=1S/C6H4BrClFN/c7-5-3-10-4(2-8)1-6(5)9/h1,3H,2H2. The Kier molecular flexibility index (Phi) is 2.63. The molecule has 10 heavy (non-hydrogen) atoms. The molecule has 0 spiro atoms. The summed E-state index contributed by atoms with van der Waals surface area (Å²) >= 11 is 8.38. The predicted octanol–water partition coefficient (Wildman–Crippen LogP) is 2.72. The molecule has 1 nitrogen and oxygen atoms in total. The first-order valence-electron chi connectivity index (χ1n) is 2.60. The Morgan fingerprint density at radius 1 is 1.70 bits per heavy atom. The van der Waals surface area contributed by atoms with Gasteiger partial charge in [0, 0.05) is 6.20 Å². The van der Waals surface area contributed by atoms with Gasteiger partial charge in [-0.1, -0.05) is 0 Å². The van der Waals surface area contributed by atoms with Crippen LogP contribution in [-0.2, 0) is 5.88 Å². The molecule has 0 saturated heterocycles. The molecule has 0 aliphatic heterocycles. The topological polar surface area (TPSA) is 12.9 Å². The molecule has 1 heterocycles. The molecule has 0 bridgehead atoms. The molecule has 0 atom stereocenters. The lowest BCUT2D eigenvalue weighted by molar-refractivity contribution is 0.616. The van der Waals surface area contributed by atoms with Crippen molar-refractivity contribution in [1.82, 2.24) is 4.98 Å². The van der Waals surface area contributed by atoms with Crippen molar-refractivity contribution >= 4 is 27.5 Å². The molecule has 1 aromatic rings. The Morgan fingerprint density at radius 2 is 2.40 bits per heavy atom. The van der Waals surface area contributed by atoms with Crippen LogP contribution in [0.2, 0.25) is 0 Å². The number of rotatable bonds is 1. The average molecular weight is 224 g/mol. The van der Waals surface area contributed by atoms with Crippen LogP contribution in [0.25, 0.3) is 0 Å². The van der Waals surface area contributed by atoms with Crippen molar-refractivity contribution in [2.75, 3.05) is 0 Å². The third-order valence-electron chi connectivity index (χ3n) is 1.00. The van der Waals surface area contributed by atoms with Crippen LogP contribution >= 0.6 is 27.5 Å². The molecule has 0 radical (unpaired) electrons. The smallest absolute Gasteiger partial charge is 0.140 e. The summed E-state index contributed by atoms with van der Waals surface area (Å²) in [6, 6.07) is 1.30. The van der Waals surface area contributed by atoms with E-state index in [9.17, 15) is 4.39 Å². The Hall–Kier alpha value is -0.150. The summed E-state index contributed by atoms with van der Waals surface area (Å²) in [5, 5.41) is 0. The van der Waals surface area contributed by atoms with Gasteiger partial charge in [0.05, 0.1) is 16.0 Å². The molecular formula is C6H4BrClFN. The van der Waals surface area contributed by atoms with Gasteiger partial charge in [0.2, 0.25) is 0 Å². The van der Waals surface area contributed by atoms with Crippen LogP contribution in [0, 0.1) is 5.82 Å². The monoisotopic (exact) mass is 223 g/mol. The first-order chi connectivity index (χ1) is 4.74. The Labute approximate surface area is 71.4 Å². The fraction of sp³-hybridized carbons (Fsp3) is 0.167. The fourth-order valence-corrected chi connectivity index (χ4v) is 0.890. The highest BCUT2D eigenvalue weighted by molar-refractivity contribution is 9.10. The van der Waals surface area contributed by atoms with Crippen LogP contribution in [-0.4, -0.2) is 4.98 Å². The molecule has 0 aliphatic carbocycles. The Morgan fingerprint density at radius 3 is 2.90 bits per heavy atom. The first-order valence-corrected chi connectivity index (χ1v) is 3.92. The molecule has 0 fully saturated rings. The zero-order valence-corrected chi connectivity index (χ0v) is 7.28. The summed E-state index contributed by atoms with van der Waals surface area (Å²) in [6.07, 6.45) is 1.40. The first kappa shape index (κ1) is 7.95. The average Bonchev–Trinajstić information content (AvgIpc) is 1.95. The van der Waals surface area contributed by atoms with Gasteiger partial charge >= 0.3 is 0 Å². The van der Waals surface area contributed by atoms with Crippen molar-refractivity contribution in [1.29, 1.82) is 0 Å². The molecule has 0 aliphatic rings. The molecule has 0 N–H and O–H groups in total. The van der Waals surface area contributed by atoms with Gasteiger partial charge in [0.15, 0.2) is 0 Å². The van der Waals surface area contributed by atoms with Crippen molar-refractivity contribution in [3.63, 3.8) is 0 Å². The van der Waals surface area contributed by atoms with Gasteiger partial charge in [-0.15, -0.1) is 11.6 Å². The second kappa shape index (κ2) is 3.30. The Balaban J connectivity index is 3.04. The van der Waals surface area contributed by atoms with Gasteiger partial charge < -0.3 is 0 Å². The predicted molar refractivity (Wildman–Crippen MR) is 41.5 cm³/mol. The largest absolute Gasteiger partial charge is 0.259 e. The molecule has 0 unspecified atom stereocenters. The number of aromatic nitrogens is 1. The lowest BCUT2D eigenvalue weighted by Gasteiger charge is -1.95. The zero-order valence-electron chi connectivity index (χ0n) is 4.94. The highest BCUT2D eigenvalue weighted by atomic mass is 79.9. The quantitative estimate of drug-likeness (QED) is 0.669. The van der Waals surface area contributed by atoms with E-state index in [1.807, 2.05) is 0 Å². The van der Waals surface area contributed by atoms with Crippen LogP contribution in [0.15, 0.2) is 16.7 Å². The number of nitrogens with zero attached hydrogens (tertiary/aromatic N) is 1. The van der Waals surface area contributed by atoms with Gasteiger partial charge in [-0.3, -0.25) is 4.98 Å². The van der Waals surface area contributed by atoms with Crippen LogP contribution in [0.1, 0.15) is 5.69 Å². The van der Waals surface area contributed by atoms with Crippen molar-refractivity contribution in [2.24, 2.45) is 0 Å². The van der Waals surface area contributed by atoms with Gasteiger partial charge in [0.25, 0.3) is 0 Å². The summed E-state index contributed by atoms with van der Waals surface area (Å²) in [6.45, 7) is 0. The minimum atomic E-state index is -0.328. The minimum Gasteiger partial charge on any atom is -0.259 e. The molecule has 1 aromatic heterocycles. The lowest BCUT2D eigenvalue weighted by Crippen LogP contribution is -1.87. The van der Waals surface area contributed by atoms with E-state index < -0.39 is 0 Å². The summed E-state index contributed by atoms with van der Waals surface area (Å²) in [7, 11) is 0. The molecule has 0 amide bonds. The van der Waals surface area contributed by atoms with Gasteiger partial charge in [-0.2, -0.15) is 0 Å². The van der Waals surface area contributed by atoms with E-state index >= 15 is 0 Å². The number of pyridine rings is 1. The minimum absolute atomic E-state index is 0.240. The van der Waals surface area contributed by atoms with E-state index in [0.717, 1.165) is 0 Å². The van der Waals surface area contributed by atoms with Gasteiger partial charge in [-0.25, -0.2) is 4.39 Å². The third kappa shape index (κ3) is 1.67. The highest BCUT2D eigenvalue weighted by Crippen LogP contribution is 2.14. The van der Waals surface area contributed by atoms with E-state index in [1.54, 1.807) is 0 Å². The number of alkyl halides is 1. The molecule has 0 aromatic carbocycles. The molecule has 54 valence electrons. The molecular weight excluding hydrogens is 220 g/mol. The summed E-state index contributed by atoms with van der Waals surface area (Å²) < 4.78 is 13.0.